The van der Waals surface area contributed by atoms with E-state index in [4.69, 9.17) is 0 Å². The van der Waals surface area contributed by atoms with Crippen molar-refractivity contribution in [2.24, 2.45) is 11.8 Å². The van der Waals surface area contributed by atoms with E-state index < -0.39 is 0 Å². The van der Waals surface area contributed by atoms with Gasteiger partial charge in [0.05, 0.1) is 0 Å². The molecule has 2 atom stereocenters. The molecule has 24 heavy (non-hydrogen) atoms. The van der Waals surface area contributed by atoms with Crippen molar-refractivity contribution in [1.29, 1.82) is 0 Å². The lowest BCUT2D eigenvalue weighted by atomic mass is 9.83. The molecule has 130 valence electrons. The molecule has 0 spiro atoms. The van der Waals surface area contributed by atoms with Crippen LogP contribution in [0.5, 0.6) is 0 Å². The van der Waals surface area contributed by atoms with E-state index in [0.29, 0.717) is 17.8 Å². The third-order valence-electron chi connectivity index (χ3n) is 5.99. The Morgan fingerprint density at radius 3 is 2.79 bits per heavy atom. The van der Waals surface area contributed by atoms with Crippen LogP contribution in [0.1, 0.15) is 48.3 Å². The van der Waals surface area contributed by atoms with Gasteiger partial charge in [0.15, 0.2) is 0 Å². The lowest BCUT2D eigenvalue weighted by Crippen LogP contribution is -2.47. The predicted molar refractivity (Wildman–Crippen MR) is 90.9 cm³/mol. The molecule has 1 aromatic rings. The summed E-state index contributed by atoms with van der Waals surface area (Å²) in [6.45, 7) is 5.53. The summed E-state index contributed by atoms with van der Waals surface area (Å²) >= 11 is 0. The quantitative estimate of drug-likeness (QED) is 0.910. The predicted octanol–water partition coefficient (Wildman–Crippen LogP) is 1.41. The van der Waals surface area contributed by atoms with Gasteiger partial charge in [-0.05, 0) is 44.4 Å². The summed E-state index contributed by atoms with van der Waals surface area (Å²) in [6.07, 6.45) is 7.89. The van der Waals surface area contributed by atoms with Gasteiger partial charge in [-0.25, -0.2) is 4.98 Å². The van der Waals surface area contributed by atoms with E-state index in [2.05, 4.69) is 14.9 Å². The fourth-order valence-electron chi connectivity index (χ4n) is 4.38. The van der Waals surface area contributed by atoms with Gasteiger partial charge in [-0.1, -0.05) is 6.42 Å². The number of H-pyrrole nitrogens is 1. The maximum atomic E-state index is 12.8. The molecule has 1 aliphatic carbocycles. The average Bonchev–Trinajstić information content (AvgIpc) is 2.82. The van der Waals surface area contributed by atoms with E-state index in [1.807, 2.05) is 4.90 Å². The second-order valence-corrected chi connectivity index (χ2v) is 7.77. The average molecular weight is 330 g/mol. The third-order valence-corrected chi connectivity index (χ3v) is 5.99. The van der Waals surface area contributed by atoms with Gasteiger partial charge in [0.25, 0.3) is 11.5 Å². The summed E-state index contributed by atoms with van der Waals surface area (Å²) in [5, 5.41) is 0. The Morgan fingerprint density at radius 1 is 1.25 bits per heavy atom. The number of amides is 1. The van der Waals surface area contributed by atoms with Gasteiger partial charge in [-0.15, -0.1) is 0 Å². The molecule has 1 amide bonds. The van der Waals surface area contributed by atoms with Crippen molar-refractivity contribution in [3.63, 3.8) is 0 Å². The third kappa shape index (κ3) is 2.99. The SMILES string of the molecule is Cc1ncc(C(=O)N2C[C@@H]3CC[C@H](C2)N(CC2CCC2)C3)c(=O)[nH]1. The minimum Gasteiger partial charge on any atom is -0.337 e. The van der Waals surface area contributed by atoms with Crippen molar-refractivity contribution in [2.45, 2.75) is 45.1 Å². The van der Waals surface area contributed by atoms with Crippen molar-refractivity contribution < 1.29 is 4.79 Å². The van der Waals surface area contributed by atoms with E-state index in [1.54, 1.807) is 6.92 Å². The molecule has 4 aliphatic rings. The van der Waals surface area contributed by atoms with Gasteiger partial charge in [-0.3, -0.25) is 14.5 Å². The Kier molecular flexibility index (Phi) is 4.16. The van der Waals surface area contributed by atoms with Crippen molar-refractivity contribution in [1.82, 2.24) is 19.8 Å². The Morgan fingerprint density at radius 2 is 2.08 bits per heavy atom. The maximum Gasteiger partial charge on any atom is 0.263 e. The Hall–Kier alpha value is -1.69. The van der Waals surface area contributed by atoms with Gasteiger partial charge in [0, 0.05) is 38.4 Å². The lowest BCUT2D eigenvalue weighted by molar-refractivity contribution is 0.0715. The highest BCUT2D eigenvalue weighted by Gasteiger charge is 2.38. The maximum absolute atomic E-state index is 12.8. The highest BCUT2D eigenvalue weighted by molar-refractivity contribution is 5.93. The zero-order valence-electron chi connectivity index (χ0n) is 14.3. The van der Waals surface area contributed by atoms with Crippen LogP contribution in [0.4, 0.5) is 0 Å². The summed E-state index contributed by atoms with van der Waals surface area (Å²) < 4.78 is 0. The van der Waals surface area contributed by atoms with Gasteiger partial charge < -0.3 is 9.88 Å². The van der Waals surface area contributed by atoms with Gasteiger partial charge in [-0.2, -0.15) is 0 Å². The first-order valence-electron chi connectivity index (χ1n) is 9.19. The molecule has 4 fully saturated rings. The van der Waals surface area contributed by atoms with Gasteiger partial charge in [0.2, 0.25) is 0 Å². The van der Waals surface area contributed by atoms with Gasteiger partial charge >= 0.3 is 0 Å². The summed E-state index contributed by atoms with van der Waals surface area (Å²) in [4.78, 5) is 36.2. The number of piperidine rings is 1. The molecule has 1 aromatic heterocycles. The second kappa shape index (κ2) is 6.31. The number of hydrogen-bond acceptors (Lipinski definition) is 4. The number of aromatic nitrogens is 2. The van der Waals surface area contributed by atoms with Crippen LogP contribution in [-0.2, 0) is 0 Å². The van der Waals surface area contributed by atoms with Crippen LogP contribution in [0.2, 0.25) is 0 Å². The summed E-state index contributed by atoms with van der Waals surface area (Å²) in [5.41, 5.74) is -0.150. The molecule has 4 heterocycles. The van der Waals surface area contributed by atoms with Crippen LogP contribution in [0.15, 0.2) is 11.0 Å². The minimum atomic E-state index is -0.324. The number of carbonyl (C=O) groups excluding carboxylic acids is 1. The number of aryl methyl sites for hydroxylation is 1. The van der Waals surface area contributed by atoms with Gasteiger partial charge in [0.1, 0.15) is 11.4 Å². The van der Waals surface area contributed by atoms with Crippen LogP contribution < -0.4 is 5.56 Å². The van der Waals surface area contributed by atoms with E-state index in [-0.39, 0.29) is 17.0 Å². The topological polar surface area (TPSA) is 69.3 Å². The molecule has 0 radical (unpaired) electrons. The van der Waals surface area contributed by atoms with Crippen LogP contribution in [0.3, 0.4) is 0 Å². The molecule has 6 nitrogen and oxygen atoms in total. The summed E-state index contributed by atoms with van der Waals surface area (Å²) in [7, 11) is 0. The normalized spacial score (nSPS) is 27.8. The number of hydrogen-bond donors (Lipinski definition) is 1. The first-order valence-corrected chi connectivity index (χ1v) is 9.19. The standard InChI is InChI=1S/C18H26N4O2/c1-12-19-7-16(17(23)20-12)18(24)22-10-14-5-6-15(11-22)21(9-14)8-13-3-2-4-13/h7,13-15H,2-6,8-11H2,1H3,(H,19,20,23)/t14-,15-/m1/s1. The van der Waals surface area contributed by atoms with Crippen LogP contribution >= 0.6 is 0 Å². The molecule has 0 aromatic carbocycles. The fourth-order valence-corrected chi connectivity index (χ4v) is 4.38. The Balaban J connectivity index is 1.50. The number of fused-ring (bicyclic) bond motifs is 4. The second-order valence-electron chi connectivity index (χ2n) is 7.77. The van der Waals surface area contributed by atoms with Crippen molar-refractivity contribution in [2.75, 3.05) is 26.2 Å². The number of nitrogens with zero attached hydrogens (tertiary/aromatic N) is 3. The molecular weight excluding hydrogens is 304 g/mol. The van der Waals surface area contributed by atoms with Crippen molar-refractivity contribution in [3.8, 4) is 0 Å². The van der Waals surface area contributed by atoms with Crippen LogP contribution in [0.25, 0.3) is 0 Å². The highest BCUT2D eigenvalue weighted by Crippen LogP contribution is 2.33. The molecule has 0 unspecified atom stereocenters. The highest BCUT2D eigenvalue weighted by atomic mass is 16.2. The first kappa shape index (κ1) is 15.8. The fraction of sp³-hybridized carbons (Fsp3) is 0.722. The molecule has 3 aliphatic heterocycles. The zero-order valence-corrected chi connectivity index (χ0v) is 14.3. The molecule has 2 bridgehead atoms. The number of aromatic amines is 1. The van der Waals surface area contributed by atoms with E-state index in [0.717, 1.165) is 25.6 Å². The molecule has 1 N–H and O–H groups in total. The van der Waals surface area contributed by atoms with E-state index in [1.165, 1.54) is 44.8 Å². The monoisotopic (exact) mass is 330 g/mol. The first-order chi connectivity index (χ1) is 11.6. The van der Waals surface area contributed by atoms with Crippen LogP contribution in [0, 0.1) is 18.8 Å². The molecule has 1 saturated carbocycles. The summed E-state index contributed by atoms with van der Waals surface area (Å²) in [5.74, 6) is 1.77. The lowest BCUT2D eigenvalue weighted by Gasteiger charge is -2.40. The Bertz CT molecular complexity index is 682. The smallest absolute Gasteiger partial charge is 0.263 e. The van der Waals surface area contributed by atoms with Crippen LogP contribution in [-0.4, -0.2) is 57.9 Å². The molecular formula is C18H26N4O2. The Labute approximate surface area is 142 Å². The largest absolute Gasteiger partial charge is 0.337 e. The number of carbonyl (C=O) groups is 1. The molecule has 6 heteroatoms. The molecule has 3 saturated heterocycles. The van der Waals surface area contributed by atoms with E-state index >= 15 is 0 Å². The molecule has 5 rings (SSSR count). The summed E-state index contributed by atoms with van der Waals surface area (Å²) in [6, 6.07) is 0.450. The van der Waals surface area contributed by atoms with E-state index in [9.17, 15) is 9.59 Å². The number of nitrogens with one attached hydrogen (secondary N) is 1. The number of rotatable bonds is 3. The minimum absolute atomic E-state index is 0.161. The van der Waals surface area contributed by atoms with Crippen molar-refractivity contribution >= 4 is 5.91 Å². The van der Waals surface area contributed by atoms with Crippen molar-refractivity contribution in [3.05, 3.63) is 27.9 Å². The zero-order chi connectivity index (χ0) is 16.7.